The van der Waals surface area contributed by atoms with Gasteiger partial charge in [-0.05, 0) is 0 Å². The van der Waals surface area contributed by atoms with E-state index in [9.17, 15) is 0 Å². The first-order valence-corrected chi connectivity index (χ1v) is 18.1. The van der Waals surface area contributed by atoms with E-state index in [2.05, 4.69) is 142 Å². The zero-order chi connectivity index (χ0) is 28.2. The maximum Gasteiger partial charge on any atom is -1.00 e. The van der Waals surface area contributed by atoms with Crippen molar-refractivity contribution in [3.63, 3.8) is 0 Å². The van der Waals surface area contributed by atoms with E-state index in [0.29, 0.717) is 0 Å². The van der Waals surface area contributed by atoms with Crippen molar-refractivity contribution < 1.29 is 57.7 Å². The number of benzene rings is 3. The number of hydrogen-bond acceptors (Lipinski definition) is 0. The Bertz CT molecular complexity index is 1190. The van der Waals surface area contributed by atoms with Gasteiger partial charge in [-0.25, -0.2) is 0 Å². The molecular formula is C37H47Cl3SiTi. The van der Waals surface area contributed by atoms with E-state index in [1.165, 1.54) is 39.0 Å². The van der Waals surface area contributed by atoms with Crippen LogP contribution >= 0.6 is 0 Å². The second-order valence-corrected chi connectivity index (χ2v) is 17.4. The maximum atomic E-state index is 2.65. The van der Waals surface area contributed by atoms with Crippen molar-refractivity contribution in [2.24, 2.45) is 0 Å². The number of allylic oxidation sites excluding steroid dienone is 4. The van der Waals surface area contributed by atoms with Gasteiger partial charge in [-0.3, -0.25) is 0 Å². The molecule has 1 aliphatic rings. The minimum atomic E-state index is -2.62. The topological polar surface area (TPSA) is 0 Å². The summed E-state index contributed by atoms with van der Waals surface area (Å²) in [4.78, 5) is 0. The molecule has 4 rings (SSSR count). The second-order valence-electron chi connectivity index (χ2n) is 11.3. The SMILES string of the molecule is CCC1=C[C]([Ti+3])([Si](c2cc(CC)cc(CC)c2)(c2cc(CC)cc(CC)c2)c2cc(CC)cc(CC)c2)C=C1.[Cl-].[Cl-].[Cl-]. The normalized spacial score (nSPS) is 15.9. The molecule has 0 aliphatic heterocycles. The van der Waals surface area contributed by atoms with Gasteiger partial charge < -0.3 is 37.2 Å². The van der Waals surface area contributed by atoms with Crippen LogP contribution in [-0.4, -0.2) is 8.07 Å². The standard InChI is InChI=1S/C37H47Si.3ClH.Ti/c1-8-27-15-16-34(20-27)38(35-21-28(9-2)17-29(10-3)22-35,36-23-30(11-4)18-31(12-5)24-36)37-25-32(13-6)19-33(14-7)26-37;;;;/h15-26H,8-14H2,1-7H3;3*1H;/q;;;;+3/p-3. The average Bonchev–Trinajstić information content (AvgIpc) is 3.38. The molecule has 1 aliphatic carbocycles. The van der Waals surface area contributed by atoms with Crippen LogP contribution < -0.4 is 52.8 Å². The van der Waals surface area contributed by atoms with E-state index in [1.807, 2.05) is 0 Å². The van der Waals surface area contributed by atoms with Gasteiger partial charge in [0, 0.05) is 0 Å². The Labute approximate surface area is 287 Å². The predicted octanol–water partition coefficient (Wildman–Crippen LogP) is -1.31. The van der Waals surface area contributed by atoms with E-state index in [1.54, 1.807) is 15.6 Å². The fraction of sp³-hybridized carbons (Fsp3) is 0.405. The molecule has 0 aromatic heterocycles. The summed E-state index contributed by atoms with van der Waals surface area (Å²) in [5.41, 5.74) is 10.3. The van der Waals surface area contributed by atoms with Gasteiger partial charge in [-0.15, -0.1) is 0 Å². The average molecular weight is 674 g/mol. The molecule has 0 saturated heterocycles. The smallest absolute Gasteiger partial charge is 1.00 e. The minimum absolute atomic E-state index is 0. The third-order valence-electron chi connectivity index (χ3n) is 8.91. The van der Waals surface area contributed by atoms with E-state index in [0.717, 1.165) is 44.9 Å². The van der Waals surface area contributed by atoms with E-state index >= 15 is 0 Å². The summed E-state index contributed by atoms with van der Waals surface area (Å²) in [6.07, 6.45) is 15.1. The van der Waals surface area contributed by atoms with Crippen molar-refractivity contribution >= 4 is 23.6 Å². The second kappa shape index (κ2) is 16.9. The molecule has 42 heavy (non-hydrogen) atoms. The van der Waals surface area contributed by atoms with Gasteiger partial charge in [0.2, 0.25) is 0 Å². The molecule has 1 unspecified atom stereocenters. The van der Waals surface area contributed by atoms with Crippen molar-refractivity contribution in [2.45, 2.75) is 96.8 Å². The molecule has 5 heteroatoms. The van der Waals surface area contributed by atoms with Crippen molar-refractivity contribution in [3.05, 3.63) is 112 Å². The Kier molecular flexibility index (Phi) is 15.6. The van der Waals surface area contributed by atoms with Crippen LogP contribution in [0, 0.1) is 0 Å². The van der Waals surface area contributed by atoms with Gasteiger partial charge in [0.05, 0.1) is 0 Å². The molecule has 0 N–H and O–H groups in total. The number of halogens is 3. The molecule has 224 valence electrons. The van der Waals surface area contributed by atoms with Gasteiger partial charge in [0.25, 0.3) is 0 Å². The van der Waals surface area contributed by atoms with Crippen LogP contribution in [0.3, 0.4) is 0 Å². The minimum Gasteiger partial charge on any atom is -1.00 e. The van der Waals surface area contributed by atoms with Crippen LogP contribution in [0.1, 0.15) is 88.3 Å². The first kappa shape index (κ1) is 39.0. The largest absolute Gasteiger partial charge is 1.00 e. The van der Waals surface area contributed by atoms with Crippen molar-refractivity contribution in [1.29, 1.82) is 0 Å². The molecule has 0 radical (unpaired) electrons. The zero-order valence-corrected chi connectivity index (χ0v) is 31.3. The summed E-state index contributed by atoms with van der Waals surface area (Å²) in [5.74, 6) is 0. The first-order chi connectivity index (χ1) is 18.8. The van der Waals surface area contributed by atoms with Crippen LogP contribution in [0.4, 0.5) is 0 Å². The van der Waals surface area contributed by atoms with Gasteiger partial charge in [0.15, 0.2) is 0 Å². The predicted molar refractivity (Wildman–Crippen MR) is 170 cm³/mol. The third kappa shape index (κ3) is 7.42. The molecule has 3 aromatic rings. The van der Waals surface area contributed by atoms with Crippen LogP contribution in [0.2, 0.25) is 3.34 Å². The van der Waals surface area contributed by atoms with Crippen LogP contribution in [0.5, 0.6) is 0 Å². The van der Waals surface area contributed by atoms with Gasteiger partial charge in [-0.2, -0.15) is 0 Å². The van der Waals surface area contributed by atoms with E-state index in [4.69, 9.17) is 0 Å². The third-order valence-corrected chi connectivity index (χ3v) is 16.2. The molecule has 1 atom stereocenters. The number of hydrogen-bond donors (Lipinski definition) is 0. The zero-order valence-electron chi connectivity index (χ0n) is 26.5. The van der Waals surface area contributed by atoms with E-state index < -0.39 is 8.07 Å². The van der Waals surface area contributed by atoms with Gasteiger partial charge >= 0.3 is 253 Å². The number of aryl methyl sites for hydroxylation is 6. The fourth-order valence-corrected chi connectivity index (χ4v) is 14.5. The van der Waals surface area contributed by atoms with Crippen molar-refractivity contribution in [2.75, 3.05) is 0 Å². The van der Waals surface area contributed by atoms with Crippen LogP contribution in [0.15, 0.2) is 78.4 Å². The molecular weight excluding hydrogens is 627 g/mol. The number of rotatable bonds is 11. The maximum absolute atomic E-state index is 2.65. The molecule has 0 nitrogen and oxygen atoms in total. The van der Waals surface area contributed by atoms with Crippen molar-refractivity contribution in [3.8, 4) is 0 Å². The molecule has 0 spiro atoms. The Morgan fingerprint density at radius 1 is 0.476 bits per heavy atom. The summed E-state index contributed by atoms with van der Waals surface area (Å²) in [5, 5.41) is 4.72. The Balaban J connectivity index is 0.00000294. The van der Waals surface area contributed by atoms with E-state index in [-0.39, 0.29) is 40.6 Å². The summed E-state index contributed by atoms with van der Waals surface area (Å²) < 4.78 is -0.0650. The summed E-state index contributed by atoms with van der Waals surface area (Å²) in [7, 11) is -2.62. The Morgan fingerprint density at radius 3 is 0.976 bits per heavy atom. The molecule has 3 aromatic carbocycles. The summed E-state index contributed by atoms with van der Waals surface area (Å²) in [6, 6.07) is 22.9. The molecule has 0 amide bonds. The molecule has 0 bridgehead atoms. The first-order valence-electron chi connectivity index (χ1n) is 15.4. The summed E-state index contributed by atoms with van der Waals surface area (Å²) >= 11 is 2.55. The summed E-state index contributed by atoms with van der Waals surface area (Å²) in [6.45, 7) is 16.2. The fourth-order valence-electron chi connectivity index (χ4n) is 6.46. The molecule has 0 heterocycles. The van der Waals surface area contributed by atoms with Crippen LogP contribution in [-0.2, 0) is 59.0 Å². The van der Waals surface area contributed by atoms with Crippen LogP contribution in [0.25, 0.3) is 0 Å². The molecule has 0 fully saturated rings. The van der Waals surface area contributed by atoms with Gasteiger partial charge in [0.1, 0.15) is 0 Å². The quantitative estimate of drug-likeness (QED) is 0.176. The Morgan fingerprint density at radius 2 is 0.762 bits per heavy atom. The van der Waals surface area contributed by atoms with Gasteiger partial charge in [-0.1, -0.05) is 0 Å². The Hall–Kier alpha value is -1.06. The molecule has 0 saturated carbocycles. The monoisotopic (exact) mass is 672 g/mol. The van der Waals surface area contributed by atoms with Crippen molar-refractivity contribution in [1.82, 2.24) is 0 Å².